The summed E-state index contributed by atoms with van der Waals surface area (Å²) in [6, 6.07) is 0. The number of allylic oxidation sites excluding steroid dienone is 2. The van der Waals surface area contributed by atoms with Crippen molar-refractivity contribution in [1.29, 1.82) is 0 Å². The van der Waals surface area contributed by atoms with Crippen LogP contribution in [0.5, 0.6) is 0 Å². The molecule has 0 bridgehead atoms. The molecule has 0 heterocycles. The lowest BCUT2D eigenvalue weighted by Crippen LogP contribution is -2.68. The molecule has 2 N–H and O–H groups in total. The van der Waals surface area contributed by atoms with Gasteiger partial charge >= 0.3 is 18.2 Å². The van der Waals surface area contributed by atoms with Crippen molar-refractivity contribution in [1.82, 2.24) is 4.90 Å². The Labute approximate surface area is 257 Å². The minimum atomic E-state index is -1.72. The molecule has 4 fully saturated rings. The Kier molecular flexibility index (Phi) is 7.48. The van der Waals surface area contributed by atoms with Gasteiger partial charge in [-0.1, -0.05) is 60.1 Å². The number of hydrogen-bond donors (Lipinski definition) is 2. The van der Waals surface area contributed by atoms with Crippen molar-refractivity contribution in [2.45, 2.75) is 125 Å². The number of carboxylic acid groups (broad SMARTS) is 1. The van der Waals surface area contributed by atoms with Crippen LogP contribution in [0.2, 0.25) is 0 Å². The van der Waals surface area contributed by atoms with E-state index >= 15 is 0 Å². The molecule has 242 valence electrons. The van der Waals surface area contributed by atoms with E-state index in [1.807, 2.05) is 13.8 Å². The summed E-state index contributed by atoms with van der Waals surface area (Å²) in [5.41, 5.74) is -0.0992. The van der Waals surface area contributed by atoms with Crippen molar-refractivity contribution < 1.29 is 34.1 Å². The minimum absolute atomic E-state index is 0.0130. The number of carboxylic acids is 1. The van der Waals surface area contributed by atoms with Crippen LogP contribution in [0, 0.1) is 50.2 Å². The number of amides is 2. The fourth-order valence-corrected chi connectivity index (χ4v) is 11.3. The number of rotatable bonds is 3. The second kappa shape index (κ2) is 9.95. The monoisotopic (exact) mass is 601 g/mol. The summed E-state index contributed by atoms with van der Waals surface area (Å²) in [7, 11) is 1.30. The Morgan fingerprint density at radius 3 is 2.19 bits per heavy atom. The number of carbonyl (C=O) groups is 3. The lowest BCUT2D eigenvalue weighted by atomic mass is 9.33. The van der Waals surface area contributed by atoms with Gasteiger partial charge in [0.15, 0.2) is 0 Å². The highest BCUT2D eigenvalue weighted by molar-refractivity contribution is 5.87. The zero-order chi connectivity index (χ0) is 32.0. The summed E-state index contributed by atoms with van der Waals surface area (Å²) >= 11 is 0. The summed E-state index contributed by atoms with van der Waals surface area (Å²) in [5, 5.41) is 22.6. The van der Waals surface area contributed by atoms with Gasteiger partial charge in [-0.15, -0.1) is 0 Å². The molecule has 0 aliphatic heterocycles. The Morgan fingerprint density at radius 2 is 1.56 bits per heavy atom. The fraction of sp³-hybridized carbons (Fsp3) is 0.857. The molecule has 5 aliphatic rings. The smallest absolute Gasteiger partial charge is 0.421 e. The van der Waals surface area contributed by atoms with Crippen LogP contribution in [0.15, 0.2) is 11.6 Å². The summed E-state index contributed by atoms with van der Waals surface area (Å²) in [5.74, 6) is -1.83. The first-order valence-electron chi connectivity index (χ1n) is 16.5. The van der Waals surface area contributed by atoms with Crippen LogP contribution >= 0.6 is 0 Å². The number of carbonyl (C=O) groups excluding carboxylic acids is 2. The molecule has 0 aromatic heterocycles. The first-order chi connectivity index (χ1) is 19.7. The molecule has 0 saturated heterocycles. The Morgan fingerprint density at radius 1 is 0.907 bits per heavy atom. The third-order valence-corrected chi connectivity index (χ3v) is 14.3. The average molecular weight is 602 g/mol. The summed E-state index contributed by atoms with van der Waals surface area (Å²) < 4.78 is 10.7. The second-order valence-electron chi connectivity index (χ2n) is 16.8. The molecule has 4 saturated carbocycles. The molecular weight excluding hydrogens is 546 g/mol. The van der Waals surface area contributed by atoms with Gasteiger partial charge in [0.05, 0.1) is 12.0 Å². The fourth-order valence-electron chi connectivity index (χ4n) is 11.3. The maximum atomic E-state index is 13.0. The summed E-state index contributed by atoms with van der Waals surface area (Å²) in [6.07, 6.45) is 8.73. The first kappa shape index (κ1) is 32.3. The average Bonchev–Trinajstić information content (AvgIpc) is 2.91. The SMILES string of the molecule is CCOC(=O)N(C)C(=O)O[C@@]1(O)CC[C@@]2(C)C(CC[C@]3(C)[C@@H]2CC=C2[C@H]4CC(C)(C)CC[C@]4(C(=O)O)CC[C@]23C)C1(C)C. The Balaban J connectivity index is 1.47. The molecule has 0 spiro atoms. The normalized spacial score (nSPS) is 44.3. The predicted octanol–water partition coefficient (Wildman–Crippen LogP) is 7.79. The van der Waals surface area contributed by atoms with Crippen molar-refractivity contribution in [3.05, 3.63) is 11.6 Å². The molecule has 8 nitrogen and oxygen atoms in total. The van der Waals surface area contributed by atoms with Crippen LogP contribution in [-0.4, -0.2) is 52.7 Å². The van der Waals surface area contributed by atoms with Crippen LogP contribution in [-0.2, 0) is 14.3 Å². The molecule has 2 amide bonds. The highest BCUT2D eigenvalue weighted by Crippen LogP contribution is 2.76. The Bertz CT molecular complexity index is 1220. The lowest BCUT2D eigenvalue weighted by molar-refractivity contribution is -0.310. The van der Waals surface area contributed by atoms with Gasteiger partial charge in [-0.2, -0.15) is 0 Å². The quantitative estimate of drug-likeness (QED) is 0.251. The first-order valence-corrected chi connectivity index (χ1v) is 16.5. The van der Waals surface area contributed by atoms with Gasteiger partial charge in [-0.3, -0.25) is 4.79 Å². The molecule has 5 aliphatic carbocycles. The topological polar surface area (TPSA) is 113 Å². The predicted molar refractivity (Wildman–Crippen MR) is 163 cm³/mol. The van der Waals surface area contributed by atoms with Crippen LogP contribution in [0.1, 0.15) is 120 Å². The van der Waals surface area contributed by atoms with E-state index in [9.17, 15) is 24.6 Å². The van der Waals surface area contributed by atoms with Crippen molar-refractivity contribution in [3.63, 3.8) is 0 Å². The molecule has 43 heavy (non-hydrogen) atoms. The second-order valence-corrected chi connectivity index (χ2v) is 16.8. The van der Waals surface area contributed by atoms with Crippen molar-refractivity contribution >= 4 is 18.2 Å². The standard InChI is InChI=1S/C35H55NO7/c1-10-42-27(39)36(9)28(40)43-35(41)20-16-31(6)24(30(35,4)5)13-14-33(8)25(31)12-11-22-23-21-29(2,3)15-18-34(23,26(37)38)19-17-32(22,33)7/h11,23-25,41H,10,12-21H2,1-9H3,(H,37,38)/t23-,24?,25-,31+,32-,33-,34+,35+/m1/s1. The van der Waals surface area contributed by atoms with Crippen LogP contribution < -0.4 is 0 Å². The van der Waals surface area contributed by atoms with Gasteiger partial charge in [0.2, 0.25) is 5.79 Å². The van der Waals surface area contributed by atoms with E-state index < -0.39 is 34.8 Å². The van der Waals surface area contributed by atoms with Crippen molar-refractivity contribution in [2.75, 3.05) is 13.7 Å². The molecule has 5 rings (SSSR count). The summed E-state index contributed by atoms with van der Waals surface area (Å²) in [6.45, 7) is 17.7. The Hall–Kier alpha value is -2.09. The summed E-state index contributed by atoms with van der Waals surface area (Å²) in [4.78, 5) is 38.8. The van der Waals surface area contributed by atoms with Gasteiger partial charge in [-0.05, 0) is 104 Å². The van der Waals surface area contributed by atoms with E-state index in [-0.39, 0.29) is 46.5 Å². The number of hydrogen-bond acceptors (Lipinski definition) is 6. The number of fused-ring (bicyclic) bond motifs is 7. The molecule has 0 radical (unpaired) electrons. The number of aliphatic hydroxyl groups is 1. The van der Waals surface area contributed by atoms with Gasteiger partial charge in [0.25, 0.3) is 0 Å². The molecule has 1 unspecified atom stereocenters. The van der Waals surface area contributed by atoms with Crippen molar-refractivity contribution in [2.24, 2.45) is 50.2 Å². The van der Waals surface area contributed by atoms with E-state index in [1.165, 1.54) is 12.6 Å². The van der Waals surface area contributed by atoms with E-state index in [2.05, 4.69) is 40.7 Å². The number of aliphatic carboxylic acids is 1. The van der Waals surface area contributed by atoms with E-state index in [4.69, 9.17) is 9.47 Å². The van der Waals surface area contributed by atoms with Gasteiger partial charge in [0.1, 0.15) is 0 Å². The maximum Gasteiger partial charge on any atom is 0.421 e. The zero-order valence-corrected chi connectivity index (χ0v) is 28.0. The van der Waals surface area contributed by atoms with Crippen molar-refractivity contribution in [3.8, 4) is 0 Å². The van der Waals surface area contributed by atoms with Crippen LogP contribution in [0.4, 0.5) is 9.59 Å². The van der Waals surface area contributed by atoms with E-state index in [0.717, 1.165) is 56.3 Å². The number of nitrogens with zero attached hydrogens (tertiary/aromatic N) is 1. The molecule has 8 heteroatoms. The third-order valence-electron chi connectivity index (χ3n) is 14.3. The van der Waals surface area contributed by atoms with E-state index in [1.54, 1.807) is 6.92 Å². The third kappa shape index (κ3) is 4.34. The van der Waals surface area contributed by atoms with Crippen LogP contribution in [0.3, 0.4) is 0 Å². The van der Waals surface area contributed by atoms with Gasteiger partial charge < -0.3 is 19.7 Å². The lowest BCUT2D eigenvalue weighted by Gasteiger charge is -2.71. The number of ether oxygens (including phenoxy) is 2. The zero-order valence-electron chi connectivity index (χ0n) is 28.0. The minimum Gasteiger partial charge on any atom is -0.481 e. The molecule has 8 atom stereocenters. The largest absolute Gasteiger partial charge is 0.481 e. The van der Waals surface area contributed by atoms with Gasteiger partial charge in [0, 0.05) is 18.9 Å². The molecular formula is C35H55NO7. The maximum absolute atomic E-state index is 13.0. The van der Waals surface area contributed by atoms with E-state index in [0.29, 0.717) is 12.3 Å². The molecule has 0 aromatic carbocycles. The highest BCUT2D eigenvalue weighted by atomic mass is 16.7. The van der Waals surface area contributed by atoms with Gasteiger partial charge in [-0.25, -0.2) is 14.5 Å². The highest BCUT2D eigenvalue weighted by Gasteiger charge is 2.71. The van der Waals surface area contributed by atoms with Crippen LogP contribution in [0.25, 0.3) is 0 Å². The number of imide groups is 1. The molecule has 0 aromatic rings.